The normalized spacial score (nSPS) is 12.2. The van der Waals surface area contributed by atoms with Gasteiger partial charge in [0.05, 0.1) is 23.5 Å². The van der Waals surface area contributed by atoms with Crippen LogP contribution in [-0.4, -0.2) is 44.2 Å². The van der Waals surface area contributed by atoms with Crippen LogP contribution in [0.1, 0.15) is 30.6 Å². The van der Waals surface area contributed by atoms with Gasteiger partial charge in [0.1, 0.15) is 0 Å². The summed E-state index contributed by atoms with van der Waals surface area (Å²) in [5.41, 5.74) is 7.68. The lowest BCUT2D eigenvalue weighted by molar-refractivity contribution is 0.0527. The number of nitrogens with two attached hydrogens (primary N) is 1. The minimum atomic E-state index is -0.380. The van der Waals surface area contributed by atoms with Gasteiger partial charge in [-0.3, -0.25) is 0 Å². The summed E-state index contributed by atoms with van der Waals surface area (Å²) in [4.78, 5) is 13.9. The van der Waals surface area contributed by atoms with Gasteiger partial charge in [-0.2, -0.15) is 0 Å². The molecule has 0 aliphatic heterocycles. The lowest BCUT2D eigenvalue weighted by Gasteiger charge is -2.19. The van der Waals surface area contributed by atoms with Crippen LogP contribution in [0.25, 0.3) is 0 Å². The molecule has 1 atom stereocenters. The number of benzene rings is 1. The molecule has 1 rings (SSSR count). The summed E-state index contributed by atoms with van der Waals surface area (Å²) in [7, 11) is 4.09. The lowest BCUT2D eigenvalue weighted by atomic mass is 10.1. The molecule has 3 N–H and O–H groups in total. The third-order valence-electron chi connectivity index (χ3n) is 3.01. The van der Waals surface area contributed by atoms with Crippen LogP contribution < -0.4 is 11.1 Å². The molecule has 112 valence electrons. The van der Waals surface area contributed by atoms with E-state index in [1.165, 1.54) is 0 Å². The van der Waals surface area contributed by atoms with Crippen molar-refractivity contribution >= 4 is 17.3 Å². The molecule has 0 fully saturated rings. The number of nitrogens with zero attached hydrogens (tertiary/aromatic N) is 1. The molecule has 20 heavy (non-hydrogen) atoms. The molecule has 0 aliphatic rings. The third kappa shape index (κ3) is 4.74. The second kappa shape index (κ2) is 7.75. The average Bonchev–Trinajstić information content (AvgIpc) is 2.39. The van der Waals surface area contributed by atoms with E-state index in [2.05, 4.69) is 17.1 Å². The van der Waals surface area contributed by atoms with Crippen LogP contribution in [0.4, 0.5) is 11.4 Å². The molecule has 0 heterocycles. The highest BCUT2D eigenvalue weighted by Gasteiger charge is 2.14. The maximum atomic E-state index is 11.8. The van der Waals surface area contributed by atoms with Crippen molar-refractivity contribution in [1.29, 1.82) is 0 Å². The summed E-state index contributed by atoms with van der Waals surface area (Å²) in [6.45, 7) is 5.21. The number of para-hydroxylation sites is 1. The summed E-state index contributed by atoms with van der Waals surface area (Å²) in [5, 5.41) is 3.34. The monoisotopic (exact) mass is 279 g/mol. The van der Waals surface area contributed by atoms with Gasteiger partial charge in [-0.05, 0) is 53.0 Å². The van der Waals surface area contributed by atoms with E-state index in [0.717, 1.165) is 18.7 Å². The predicted octanol–water partition coefficient (Wildman–Crippen LogP) is 2.20. The number of carbonyl (C=O) groups excluding carboxylic acids is 1. The van der Waals surface area contributed by atoms with E-state index in [4.69, 9.17) is 10.5 Å². The highest BCUT2D eigenvalue weighted by atomic mass is 16.5. The molecule has 0 saturated heterocycles. The zero-order valence-corrected chi connectivity index (χ0v) is 12.8. The Bertz CT molecular complexity index is 447. The fourth-order valence-electron chi connectivity index (χ4n) is 1.87. The van der Waals surface area contributed by atoms with Crippen molar-refractivity contribution in [2.24, 2.45) is 0 Å². The van der Waals surface area contributed by atoms with E-state index in [1.807, 2.05) is 26.2 Å². The first-order chi connectivity index (χ1) is 9.45. The largest absolute Gasteiger partial charge is 0.462 e. The van der Waals surface area contributed by atoms with Crippen LogP contribution >= 0.6 is 0 Å². The second-order valence-corrected chi connectivity index (χ2v) is 5.12. The maximum absolute atomic E-state index is 11.8. The molecular weight excluding hydrogens is 254 g/mol. The Labute approximate surface area is 121 Å². The highest BCUT2D eigenvalue weighted by molar-refractivity contribution is 5.98. The number of anilines is 2. The first kappa shape index (κ1) is 16.3. The molecule has 0 aromatic heterocycles. The predicted molar refractivity (Wildman–Crippen MR) is 83.1 cm³/mol. The number of ether oxygens (including phenoxy) is 1. The minimum absolute atomic E-state index is 0.275. The van der Waals surface area contributed by atoms with Crippen molar-refractivity contribution in [3.05, 3.63) is 23.8 Å². The van der Waals surface area contributed by atoms with Crippen molar-refractivity contribution in [3.8, 4) is 0 Å². The lowest BCUT2D eigenvalue weighted by Crippen LogP contribution is -2.23. The molecular formula is C15H25N3O2. The van der Waals surface area contributed by atoms with Crippen LogP contribution in [-0.2, 0) is 4.74 Å². The third-order valence-corrected chi connectivity index (χ3v) is 3.01. The first-order valence-electron chi connectivity index (χ1n) is 6.92. The smallest absolute Gasteiger partial charge is 0.340 e. The fraction of sp³-hybridized carbons (Fsp3) is 0.533. The summed E-state index contributed by atoms with van der Waals surface area (Å²) in [6, 6.07) is 5.65. The number of carbonyl (C=O) groups is 1. The van der Waals surface area contributed by atoms with Gasteiger partial charge in [0, 0.05) is 6.04 Å². The van der Waals surface area contributed by atoms with Crippen LogP contribution in [0.2, 0.25) is 0 Å². The van der Waals surface area contributed by atoms with Crippen LogP contribution in [0.5, 0.6) is 0 Å². The molecule has 1 aromatic rings. The molecule has 0 bridgehead atoms. The molecule has 1 aromatic carbocycles. The van der Waals surface area contributed by atoms with Crippen molar-refractivity contribution in [3.63, 3.8) is 0 Å². The van der Waals surface area contributed by atoms with Gasteiger partial charge in [-0.25, -0.2) is 4.79 Å². The van der Waals surface area contributed by atoms with Gasteiger partial charge in [0.2, 0.25) is 0 Å². The standard InChI is InChI=1S/C15H25N3O2/c1-5-20-15(19)12-7-6-8-13(14(12)16)17-11(2)9-10-18(3)4/h6-8,11,17H,5,9-10,16H2,1-4H3. The molecule has 1 unspecified atom stereocenters. The number of nitrogen functional groups attached to an aromatic ring is 1. The summed E-state index contributed by atoms with van der Waals surface area (Å²) in [6.07, 6.45) is 0.996. The van der Waals surface area contributed by atoms with Gasteiger partial charge in [0.15, 0.2) is 0 Å². The average molecular weight is 279 g/mol. The zero-order chi connectivity index (χ0) is 15.1. The van der Waals surface area contributed by atoms with Crippen molar-refractivity contribution in [1.82, 2.24) is 4.90 Å². The Morgan fingerprint density at radius 1 is 1.45 bits per heavy atom. The minimum Gasteiger partial charge on any atom is -0.462 e. The second-order valence-electron chi connectivity index (χ2n) is 5.12. The molecule has 0 spiro atoms. The van der Waals surface area contributed by atoms with Gasteiger partial charge in [-0.1, -0.05) is 6.07 Å². The van der Waals surface area contributed by atoms with E-state index in [0.29, 0.717) is 17.9 Å². The Hall–Kier alpha value is -1.75. The van der Waals surface area contributed by atoms with Crippen molar-refractivity contribution in [2.75, 3.05) is 38.3 Å². The van der Waals surface area contributed by atoms with Gasteiger partial charge in [-0.15, -0.1) is 0 Å². The zero-order valence-electron chi connectivity index (χ0n) is 12.8. The fourth-order valence-corrected chi connectivity index (χ4v) is 1.87. The topological polar surface area (TPSA) is 67.6 Å². The maximum Gasteiger partial charge on any atom is 0.340 e. The number of hydrogen-bond donors (Lipinski definition) is 2. The Morgan fingerprint density at radius 2 is 2.15 bits per heavy atom. The summed E-state index contributed by atoms with van der Waals surface area (Å²) >= 11 is 0. The van der Waals surface area contributed by atoms with Gasteiger partial charge in [0.25, 0.3) is 0 Å². The van der Waals surface area contributed by atoms with E-state index in [1.54, 1.807) is 13.0 Å². The summed E-state index contributed by atoms with van der Waals surface area (Å²) in [5.74, 6) is -0.380. The van der Waals surface area contributed by atoms with Crippen LogP contribution in [0.3, 0.4) is 0 Å². The van der Waals surface area contributed by atoms with E-state index >= 15 is 0 Å². The van der Waals surface area contributed by atoms with E-state index in [-0.39, 0.29) is 12.0 Å². The van der Waals surface area contributed by atoms with E-state index in [9.17, 15) is 4.79 Å². The van der Waals surface area contributed by atoms with Crippen LogP contribution in [0, 0.1) is 0 Å². The first-order valence-corrected chi connectivity index (χ1v) is 6.92. The van der Waals surface area contributed by atoms with Gasteiger partial charge < -0.3 is 20.7 Å². The Morgan fingerprint density at radius 3 is 2.75 bits per heavy atom. The number of nitrogens with one attached hydrogen (secondary N) is 1. The molecule has 0 saturated carbocycles. The van der Waals surface area contributed by atoms with Crippen LogP contribution in [0.15, 0.2) is 18.2 Å². The molecule has 0 radical (unpaired) electrons. The molecule has 0 amide bonds. The van der Waals surface area contributed by atoms with E-state index < -0.39 is 0 Å². The Kier molecular flexibility index (Phi) is 6.31. The number of rotatable bonds is 7. The SMILES string of the molecule is CCOC(=O)c1cccc(NC(C)CCN(C)C)c1N. The van der Waals surface area contributed by atoms with Crippen molar-refractivity contribution < 1.29 is 9.53 Å². The van der Waals surface area contributed by atoms with Gasteiger partial charge >= 0.3 is 5.97 Å². The Balaban J connectivity index is 2.76. The number of esters is 1. The molecule has 5 heteroatoms. The highest BCUT2D eigenvalue weighted by Crippen LogP contribution is 2.24. The summed E-state index contributed by atoms with van der Waals surface area (Å²) < 4.78 is 4.99. The van der Waals surface area contributed by atoms with Crippen molar-refractivity contribution in [2.45, 2.75) is 26.3 Å². The quantitative estimate of drug-likeness (QED) is 0.591. The molecule has 5 nitrogen and oxygen atoms in total. The molecule has 0 aliphatic carbocycles. The number of hydrogen-bond acceptors (Lipinski definition) is 5.